The molecule has 1 aromatic carbocycles. The van der Waals surface area contributed by atoms with Crippen LogP contribution in [-0.4, -0.2) is 42.1 Å². The molecule has 1 saturated heterocycles. The summed E-state index contributed by atoms with van der Waals surface area (Å²) in [5.41, 5.74) is 1.72. The molecule has 0 spiro atoms. The molecule has 0 aliphatic carbocycles. The van der Waals surface area contributed by atoms with E-state index in [2.05, 4.69) is 0 Å². The first-order valence-corrected chi connectivity index (χ1v) is 10.2. The molecule has 1 aromatic rings. The minimum absolute atomic E-state index is 0.376. The van der Waals surface area contributed by atoms with E-state index >= 15 is 0 Å². The number of nitrogens with one attached hydrogen (secondary N) is 1. The molecule has 1 aliphatic rings. The SMILES string of the molecule is CCCCC(C(=O)NO)N1CCCCOP1(=O)c1ccc(OC)cc1. The molecule has 1 heterocycles. The second kappa shape index (κ2) is 9.34. The summed E-state index contributed by atoms with van der Waals surface area (Å²) in [5, 5.41) is 9.67. The minimum Gasteiger partial charge on any atom is -0.497 e. The molecule has 8 heteroatoms. The maximum Gasteiger partial charge on any atom is 0.303 e. The Hall–Kier alpha value is -1.40. The van der Waals surface area contributed by atoms with Crippen molar-refractivity contribution in [3.63, 3.8) is 0 Å². The maximum atomic E-state index is 13.8. The van der Waals surface area contributed by atoms with Gasteiger partial charge in [0.25, 0.3) is 5.91 Å². The van der Waals surface area contributed by atoms with Gasteiger partial charge in [-0.3, -0.25) is 14.6 Å². The molecule has 1 aliphatic heterocycles. The normalized spacial score (nSPS) is 22.8. The van der Waals surface area contributed by atoms with E-state index in [0.29, 0.717) is 30.6 Å². The third-order valence-electron chi connectivity index (χ3n) is 4.39. The summed E-state index contributed by atoms with van der Waals surface area (Å²) in [6.07, 6.45) is 3.75. The van der Waals surface area contributed by atoms with Crippen LogP contribution in [0.4, 0.5) is 0 Å². The molecule has 1 amide bonds. The van der Waals surface area contributed by atoms with Gasteiger partial charge in [-0.05, 0) is 43.5 Å². The fourth-order valence-electron chi connectivity index (χ4n) is 2.99. The van der Waals surface area contributed by atoms with Crippen LogP contribution >= 0.6 is 7.52 Å². The van der Waals surface area contributed by atoms with Crippen molar-refractivity contribution in [1.29, 1.82) is 0 Å². The molecule has 25 heavy (non-hydrogen) atoms. The maximum absolute atomic E-state index is 13.8. The van der Waals surface area contributed by atoms with Crippen LogP contribution in [0.15, 0.2) is 24.3 Å². The monoisotopic (exact) mass is 370 g/mol. The van der Waals surface area contributed by atoms with Gasteiger partial charge >= 0.3 is 7.52 Å². The second-order valence-electron chi connectivity index (χ2n) is 6.06. The third kappa shape index (κ3) is 4.61. The predicted octanol–water partition coefficient (Wildman–Crippen LogP) is 2.69. The largest absolute Gasteiger partial charge is 0.497 e. The van der Waals surface area contributed by atoms with Crippen molar-refractivity contribution in [3.8, 4) is 5.75 Å². The molecule has 2 rings (SSSR count). The highest BCUT2D eigenvalue weighted by Gasteiger charge is 2.42. The zero-order valence-electron chi connectivity index (χ0n) is 14.8. The molecule has 0 radical (unpaired) electrons. The van der Waals surface area contributed by atoms with Crippen molar-refractivity contribution < 1.29 is 23.8 Å². The van der Waals surface area contributed by atoms with Gasteiger partial charge in [0.1, 0.15) is 5.75 Å². The highest BCUT2D eigenvalue weighted by molar-refractivity contribution is 7.64. The third-order valence-corrected chi connectivity index (χ3v) is 7.03. The number of hydrogen-bond acceptors (Lipinski definition) is 5. The van der Waals surface area contributed by atoms with Gasteiger partial charge < -0.3 is 9.26 Å². The summed E-state index contributed by atoms with van der Waals surface area (Å²) in [6, 6.07) is 6.19. The van der Waals surface area contributed by atoms with Crippen LogP contribution in [-0.2, 0) is 13.9 Å². The van der Waals surface area contributed by atoms with Gasteiger partial charge in [0, 0.05) is 6.54 Å². The molecule has 0 aromatic heterocycles. The number of nitrogens with zero attached hydrogens (tertiary/aromatic N) is 1. The predicted molar refractivity (Wildman–Crippen MR) is 95.4 cm³/mol. The van der Waals surface area contributed by atoms with E-state index in [-0.39, 0.29) is 0 Å². The molecule has 0 saturated carbocycles. The van der Waals surface area contributed by atoms with E-state index in [9.17, 15) is 9.36 Å². The fourth-order valence-corrected chi connectivity index (χ4v) is 5.48. The Labute approximate surface area is 148 Å². The van der Waals surface area contributed by atoms with Crippen molar-refractivity contribution in [2.45, 2.75) is 45.1 Å². The molecular weight excluding hydrogens is 343 g/mol. The van der Waals surface area contributed by atoms with Crippen LogP contribution in [0, 0.1) is 0 Å². The number of hydrogen-bond donors (Lipinski definition) is 2. The van der Waals surface area contributed by atoms with Crippen LogP contribution in [0.5, 0.6) is 5.75 Å². The number of unbranched alkanes of at least 4 members (excludes halogenated alkanes) is 1. The summed E-state index contributed by atoms with van der Waals surface area (Å²) in [7, 11) is -1.84. The first-order chi connectivity index (χ1) is 12.1. The van der Waals surface area contributed by atoms with Gasteiger partial charge in [-0.2, -0.15) is 0 Å². The van der Waals surface area contributed by atoms with Gasteiger partial charge in [-0.15, -0.1) is 0 Å². The van der Waals surface area contributed by atoms with Gasteiger partial charge in [0.2, 0.25) is 0 Å². The highest BCUT2D eigenvalue weighted by atomic mass is 31.2. The molecule has 1 fully saturated rings. The summed E-state index contributed by atoms with van der Waals surface area (Å²) in [6.45, 7) is 2.88. The molecular formula is C17H27N2O5P. The van der Waals surface area contributed by atoms with Crippen LogP contribution in [0.2, 0.25) is 0 Å². The number of methoxy groups -OCH3 is 1. The van der Waals surface area contributed by atoms with Gasteiger partial charge in [0.05, 0.1) is 25.1 Å². The van der Waals surface area contributed by atoms with Gasteiger partial charge in [0.15, 0.2) is 0 Å². The lowest BCUT2D eigenvalue weighted by atomic mass is 10.1. The number of benzene rings is 1. The van der Waals surface area contributed by atoms with Crippen LogP contribution in [0.1, 0.15) is 39.0 Å². The average Bonchev–Trinajstić information content (AvgIpc) is 2.84. The topological polar surface area (TPSA) is 88.1 Å². The van der Waals surface area contributed by atoms with E-state index in [0.717, 1.165) is 25.7 Å². The molecule has 0 bridgehead atoms. The zero-order valence-corrected chi connectivity index (χ0v) is 15.7. The summed E-state index contributed by atoms with van der Waals surface area (Å²) in [4.78, 5) is 12.2. The summed E-state index contributed by atoms with van der Waals surface area (Å²) >= 11 is 0. The number of ether oxygens (including phenoxy) is 1. The molecule has 140 valence electrons. The number of amides is 1. The first-order valence-electron chi connectivity index (χ1n) is 8.67. The van der Waals surface area contributed by atoms with Crippen molar-refractivity contribution in [2.75, 3.05) is 20.3 Å². The zero-order chi connectivity index (χ0) is 18.3. The molecule has 2 N–H and O–H groups in total. The molecule has 2 atom stereocenters. The van der Waals surface area contributed by atoms with Crippen molar-refractivity contribution in [3.05, 3.63) is 24.3 Å². The second-order valence-corrected chi connectivity index (χ2v) is 8.39. The lowest BCUT2D eigenvalue weighted by Crippen LogP contribution is -2.46. The lowest BCUT2D eigenvalue weighted by molar-refractivity contribution is -0.133. The van der Waals surface area contributed by atoms with Crippen LogP contribution < -0.4 is 15.5 Å². The Kier molecular flexibility index (Phi) is 7.44. The highest BCUT2D eigenvalue weighted by Crippen LogP contribution is 2.53. The number of hydroxylamine groups is 1. The smallest absolute Gasteiger partial charge is 0.303 e. The standard InChI is InChI=1S/C17H27N2O5P/c1-3-4-7-16(17(20)18-21)19-12-5-6-13-24-25(19,22)15-10-8-14(23-2)9-11-15/h8-11,16,21H,3-7,12-13H2,1-2H3,(H,18,20). The van der Waals surface area contributed by atoms with E-state index in [1.54, 1.807) is 41.5 Å². The Balaban J connectivity index is 2.41. The Morgan fingerprint density at radius 1 is 1.40 bits per heavy atom. The quantitative estimate of drug-likeness (QED) is 0.436. The number of rotatable bonds is 7. The Morgan fingerprint density at radius 3 is 2.72 bits per heavy atom. The van der Waals surface area contributed by atoms with E-state index in [1.165, 1.54) is 0 Å². The van der Waals surface area contributed by atoms with Gasteiger partial charge in [-0.25, -0.2) is 10.2 Å². The van der Waals surface area contributed by atoms with Crippen molar-refractivity contribution >= 4 is 18.7 Å². The number of carbonyl (C=O) groups excluding carboxylic acids is 1. The summed E-state index contributed by atoms with van der Waals surface area (Å²) < 4.78 is 26.4. The van der Waals surface area contributed by atoms with E-state index in [1.807, 2.05) is 6.92 Å². The van der Waals surface area contributed by atoms with Crippen molar-refractivity contribution in [2.24, 2.45) is 0 Å². The Bertz CT molecular complexity index is 608. The Morgan fingerprint density at radius 2 is 2.12 bits per heavy atom. The van der Waals surface area contributed by atoms with Crippen LogP contribution in [0.25, 0.3) is 0 Å². The number of carbonyl (C=O) groups is 1. The average molecular weight is 370 g/mol. The summed E-state index contributed by atoms with van der Waals surface area (Å²) in [5.74, 6) is 0.111. The van der Waals surface area contributed by atoms with Crippen molar-refractivity contribution in [1.82, 2.24) is 10.2 Å². The van der Waals surface area contributed by atoms with Crippen LogP contribution in [0.3, 0.4) is 0 Å². The minimum atomic E-state index is -3.41. The van der Waals surface area contributed by atoms with E-state index < -0.39 is 19.5 Å². The van der Waals surface area contributed by atoms with E-state index in [4.69, 9.17) is 14.5 Å². The molecule has 7 nitrogen and oxygen atoms in total. The fraction of sp³-hybridized carbons (Fsp3) is 0.588. The molecule has 2 unspecified atom stereocenters. The lowest BCUT2D eigenvalue weighted by Gasteiger charge is -2.34. The first kappa shape index (κ1) is 19.9. The van der Waals surface area contributed by atoms with Gasteiger partial charge in [-0.1, -0.05) is 19.8 Å².